The second-order valence-corrected chi connectivity index (χ2v) is 8.31. The van der Waals surface area contributed by atoms with Crippen LogP contribution in [0.15, 0.2) is 30.5 Å². The second-order valence-electron chi connectivity index (χ2n) is 8.31. The number of phenolic OH excluding ortho intramolecular Hbond substituents is 1. The van der Waals surface area contributed by atoms with Gasteiger partial charge in [0, 0.05) is 43.7 Å². The molecule has 0 radical (unpaired) electrons. The predicted molar refractivity (Wildman–Crippen MR) is 119 cm³/mol. The lowest BCUT2D eigenvalue weighted by Crippen LogP contribution is -2.58. The lowest BCUT2D eigenvalue weighted by Gasteiger charge is -2.43. The lowest BCUT2D eigenvalue weighted by atomic mass is 9.92. The van der Waals surface area contributed by atoms with Crippen molar-refractivity contribution in [3.05, 3.63) is 36.2 Å². The van der Waals surface area contributed by atoms with E-state index in [1.807, 2.05) is 7.05 Å². The Kier molecular flexibility index (Phi) is 5.32. The van der Waals surface area contributed by atoms with E-state index in [9.17, 15) is 9.90 Å². The summed E-state index contributed by atoms with van der Waals surface area (Å²) >= 11 is 0. The van der Waals surface area contributed by atoms with E-state index in [4.69, 9.17) is 4.74 Å². The number of morpholine rings is 1. The van der Waals surface area contributed by atoms with Crippen LogP contribution in [0.5, 0.6) is 5.75 Å². The Morgan fingerprint density at radius 3 is 2.69 bits per heavy atom. The van der Waals surface area contributed by atoms with Gasteiger partial charge < -0.3 is 25.4 Å². The van der Waals surface area contributed by atoms with Crippen molar-refractivity contribution in [2.45, 2.75) is 31.0 Å². The molecule has 2 fully saturated rings. The van der Waals surface area contributed by atoms with Crippen molar-refractivity contribution in [2.24, 2.45) is 0 Å². The number of benzene rings is 1. The predicted octanol–water partition coefficient (Wildman–Crippen LogP) is 1.11. The Morgan fingerprint density at radius 2 is 2.00 bits per heavy atom. The Labute approximate surface area is 185 Å². The van der Waals surface area contributed by atoms with Crippen molar-refractivity contribution in [2.75, 3.05) is 32.2 Å². The second kappa shape index (κ2) is 8.29. The minimum atomic E-state index is -0.285. The topological polar surface area (TPSA) is 125 Å². The van der Waals surface area contributed by atoms with Crippen molar-refractivity contribution in [1.82, 2.24) is 30.8 Å². The number of rotatable bonds is 4. The first-order chi connectivity index (χ1) is 15.5. The number of ether oxygens (including phenoxy) is 1. The number of phenols is 1. The van der Waals surface area contributed by atoms with Crippen LogP contribution in [0.25, 0.3) is 22.3 Å². The van der Waals surface area contributed by atoms with Gasteiger partial charge in [-0.25, -0.2) is 9.97 Å². The number of aromatic nitrogens is 4. The molecular formula is C22H25N7O3. The number of carbonyl (C=O) groups is 1. The molecule has 3 aromatic rings. The maximum absolute atomic E-state index is 11.8. The molecule has 2 aliphatic heterocycles. The van der Waals surface area contributed by atoms with Crippen LogP contribution >= 0.6 is 0 Å². The zero-order valence-corrected chi connectivity index (χ0v) is 17.9. The fraction of sp³-hybridized carbons (Fsp3) is 0.409. The molecule has 1 aromatic carbocycles. The van der Waals surface area contributed by atoms with E-state index in [0.717, 1.165) is 31.4 Å². The first kappa shape index (κ1) is 20.5. The van der Waals surface area contributed by atoms with Crippen LogP contribution in [-0.4, -0.2) is 76.6 Å². The fourth-order valence-corrected chi connectivity index (χ4v) is 4.46. The number of hydrogen-bond donors (Lipinski definition) is 3. The van der Waals surface area contributed by atoms with Crippen molar-refractivity contribution < 1.29 is 14.6 Å². The molecule has 2 atom stereocenters. The summed E-state index contributed by atoms with van der Waals surface area (Å²) in [5.74, 6) is 0.713. The number of carbonyl (C=O) groups excluding carboxylic acids is 1. The van der Waals surface area contributed by atoms with Crippen LogP contribution in [0.4, 0.5) is 5.82 Å². The summed E-state index contributed by atoms with van der Waals surface area (Å²) in [6.07, 6.45) is 3.65. The highest BCUT2D eigenvalue weighted by Gasteiger charge is 2.34. The van der Waals surface area contributed by atoms with Gasteiger partial charge in [-0.05, 0) is 25.0 Å². The van der Waals surface area contributed by atoms with Crippen molar-refractivity contribution in [1.29, 1.82) is 0 Å². The Morgan fingerprint density at radius 1 is 1.22 bits per heavy atom. The number of anilines is 1. The quantitative estimate of drug-likeness (QED) is 0.552. The normalized spacial score (nSPS) is 22.5. The summed E-state index contributed by atoms with van der Waals surface area (Å²) in [6, 6.07) is 7.74. The van der Waals surface area contributed by atoms with Gasteiger partial charge in [0.05, 0.1) is 30.5 Å². The molecule has 0 saturated carbocycles. The first-order valence-electron chi connectivity index (χ1n) is 10.6. The molecule has 2 unspecified atom stereocenters. The molecule has 5 rings (SSSR count). The molecule has 10 nitrogen and oxygen atoms in total. The Bertz CT molecular complexity index is 1140. The molecule has 0 aliphatic carbocycles. The van der Waals surface area contributed by atoms with Gasteiger partial charge >= 0.3 is 0 Å². The van der Waals surface area contributed by atoms with Crippen LogP contribution in [0.2, 0.25) is 0 Å². The van der Waals surface area contributed by atoms with Gasteiger partial charge in [0.25, 0.3) is 5.91 Å². The van der Waals surface area contributed by atoms with Crippen LogP contribution in [0.1, 0.15) is 23.3 Å². The summed E-state index contributed by atoms with van der Waals surface area (Å²) in [4.78, 5) is 22.7. The number of piperidine rings is 1. The third-order valence-corrected chi connectivity index (χ3v) is 6.19. The largest absolute Gasteiger partial charge is 0.507 e. The molecule has 2 aliphatic rings. The number of amides is 1. The van der Waals surface area contributed by atoms with Gasteiger partial charge in [-0.2, -0.15) is 0 Å². The van der Waals surface area contributed by atoms with Gasteiger partial charge in [-0.3, -0.25) is 4.79 Å². The summed E-state index contributed by atoms with van der Waals surface area (Å²) in [5.41, 5.74) is 1.26. The minimum Gasteiger partial charge on any atom is -0.507 e. The smallest absolute Gasteiger partial charge is 0.269 e. The van der Waals surface area contributed by atoms with Crippen LogP contribution in [-0.2, 0) is 4.74 Å². The van der Waals surface area contributed by atoms with Gasteiger partial charge in [0.15, 0.2) is 11.6 Å². The number of fused-ring (bicyclic) bond motifs is 3. The summed E-state index contributed by atoms with van der Waals surface area (Å²) in [6.45, 7) is 1.48. The molecule has 2 aromatic heterocycles. The summed E-state index contributed by atoms with van der Waals surface area (Å²) < 4.78 is 5.63. The van der Waals surface area contributed by atoms with Gasteiger partial charge in [-0.1, -0.05) is 6.07 Å². The number of pyridine rings is 1. The molecule has 2 bridgehead atoms. The highest BCUT2D eigenvalue weighted by molar-refractivity contribution is 5.95. The molecular weight excluding hydrogens is 410 g/mol. The molecule has 2 saturated heterocycles. The molecule has 4 heterocycles. The average molecular weight is 435 g/mol. The zero-order valence-electron chi connectivity index (χ0n) is 17.9. The number of hydrogen-bond acceptors (Lipinski definition) is 9. The number of nitrogens with one attached hydrogen (secondary N) is 2. The molecule has 166 valence electrons. The minimum absolute atomic E-state index is 0.0202. The first-order valence-corrected chi connectivity index (χ1v) is 10.6. The van der Waals surface area contributed by atoms with E-state index in [0.29, 0.717) is 40.8 Å². The summed E-state index contributed by atoms with van der Waals surface area (Å²) in [7, 11) is 3.56. The third kappa shape index (κ3) is 3.82. The third-order valence-electron chi connectivity index (χ3n) is 6.19. The molecule has 3 N–H and O–H groups in total. The fourth-order valence-electron chi connectivity index (χ4n) is 4.46. The zero-order chi connectivity index (χ0) is 22.2. The summed E-state index contributed by atoms with van der Waals surface area (Å²) in [5, 5.41) is 26.1. The van der Waals surface area contributed by atoms with Crippen LogP contribution in [0, 0.1) is 0 Å². The molecule has 10 heteroatoms. The van der Waals surface area contributed by atoms with E-state index in [1.165, 1.54) is 6.07 Å². The van der Waals surface area contributed by atoms with Gasteiger partial charge in [-0.15, -0.1) is 10.2 Å². The maximum Gasteiger partial charge on any atom is 0.269 e. The number of aromatic hydroxyl groups is 1. The Balaban J connectivity index is 1.38. The lowest BCUT2D eigenvalue weighted by molar-refractivity contribution is 0.0183. The Hall–Kier alpha value is -3.37. The van der Waals surface area contributed by atoms with Crippen molar-refractivity contribution >= 4 is 22.6 Å². The van der Waals surface area contributed by atoms with E-state index in [2.05, 4.69) is 35.7 Å². The molecule has 32 heavy (non-hydrogen) atoms. The maximum atomic E-state index is 11.8. The SMILES string of the molecule is CNC(=O)c1ccc2cc(-c3ncc(N(C)C4CC5COCC(C4)N5)nn3)c(O)cc2n1. The van der Waals surface area contributed by atoms with Crippen molar-refractivity contribution in [3.63, 3.8) is 0 Å². The van der Waals surface area contributed by atoms with E-state index < -0.39 is 0 Å². The standard InChI is InChI=1S/C22H25N7O3/c1-23-22(31)17-4-3-12-5-16(19(30)8-18(12)26-17)21-24-9-20(27-28-21)29(2)15-6-13-10-32-11-14(7-15)25-13/h3-5,8-9,13-15,25,30H,6-7,10-11H2,1-2H3,(H,23,31). The average Bonchev–Trinajstić information content (AvgIpc) is 2.82. The van der Waals surface area contributed by atoms with E-state index in [-0.39, 0.29) is 17.4 Å². The highest BCUT2D eigenvalue weighted by Crippen LogP contribution is 2.31. The van der Waals surface area contributed by atoms with Crippen LogP contribution < -0.4 is 15.5 Å². The van der Waals surface area contributed by atoms with Crippen LogP contribution in [0.3, 0.4) is 0 Å². The molecule has 0 spiro atoms. The van der Waals surface area contributed by atoms with E-state index in [1.54, 1.807) is 31.4 Å². The number of nitrogens with zero attached hydrogens (tertiary/aromatic N) is 5. The monoisotopic (exact) mass is 435 g/mol. The highest BCUT2D eigenvalue weighted by atomic mass is 16.5. The van der Waals surface area contributed by atoms with Gasteiger partial charge in [0.2, 0.25) is 0 Å². The van der Waals surface area contributed by atoms with Crippen molar-refractivity contribution in [3.8, 4) is 17.1 Å². The van der Waals surface area contributed by atoms with Gasteiger partial charge in [0.1, 0.15) is 11.4 Å². The molecule has 1 amide bonds. The van der Waals surface area contributed by atoms with E-state index >= 15 is 0 Å².